The number of carbonyl (C=O) groups excluding carboxylic acids is 2. The maximum absolute atomic E-state index is 11.3. The fourth-order valence-electron chi connectivity index (χ4n) is 2.64. The molecule has 7 nitrogen and oxygen atoms in total. The lowest BCUT2D eigenvalue weighted by Crippen LogP contribution is -2.58. The second-order valence-corrected chi connectivity index (χ2v) is 5.25. The third-order valence-electron chi connectivity index (χ3n) is 3.58. The Balaban J connectivity index is 2.09. The molecule has 0 bridgehead atoms. The summed E-state index contributed by atoms with van der Waals surface area (Å²) in [6.07, 6.45) is -1.43. The smallest absolute Gasteiger partial charge is 0.302 e. The van der Waals surface area contributed by atoms with Crippen molar-refractivity contribution in [3.8, 4) is 0 Å². The first-order chi connectivity index (χ1) is 9.38. The Bertz CT molecular complexity index is 387. The lowest BCUT2D eigenvalue weighted by molar-refractivity contribution is -0.237. The maximum atomic E-state index is 11.3. The monoisotopic (exact) mass is 287 g/mol. The van der Waals surface area contributed by atoms with Gasteiger partial charge in [-0.2, -0.15) is 0 Å². The van der Waals surface area contributed by atoms with Gasteiger partial charge in [0.25, 0.3) is 0 Å². The minimum atomic E-state index is -0.508. The van der Waals surface area contributed by atoms with Crippen molar-refractivity contribution in [2.75, 3.05) is 6.61 Å². The van der Waals surface area contributed by atoms with Crippen LogP contribution in [0.3, 0.4) is 0 Å². The van der Waals surface area contributed by atoms with Gasteiger partial charge in [0.2, 0.25) is 0 Å². The number of fused-ring (bicyclic) bond motifs is 1. The van der Waals surface area contributed by atoms with Crippen molar-refractivity contribution < 1.29 is 28.5 Å². The molecule has 1 N–H and O–H groups in total. The molecule has 0 aromatic heterocycles. The summed E-state index contributed by atoms with van der Waals surface area (Å²) in [4.78, 5) is 22.2. The fraction of sp³-hybridized carbons (Fsp3) is 0.846. The Morgan fingerprint density at radius 1 is 1.15 bits per heavy atom. The zero-order valence-corrected chi connectivity index (χ0v) is 12.1. The van der Waals surface area contributed by atoms with Crippen LogP contribution in [-0.2, 0) is 28.5 Å². The molecular weight excluding hydrogens is 266 g/mol. The van der Waals surface area contributed by atoms with Gasteiger partial charge in [0.15, 0.2) is 6.29 Å². The third-order valence-corrected chi connectivity index (χ3v) is 3.58. The Labute approximate surface area is 117 Å². The zero-order chi connectivity index (χ0) is 14.9. The average molecular weight is 287 g/mol. The molecule has 2 aliphatic heterocycles. The Morgan fingerprint density at radius 3 is 2.45 bits per heavy atom. The van der Waals surface area contributed by atoms with E-state index >= 15 is 0 Å². The van der Waals surface area contributed by atoms with Crippen molar-refractivity contribution in [2.45, 2.75) is 58.5 Å². The van der Waals surface area contributed by atoms with E-state index in [0.717, 1.165) is 0 Å². The maximum Gasteiger partial charge on any atom is 0.302 e. The number of esters is 2. The molecule has 6 atom stereocenters. The summed E-state index contributed by atoms with van der Waals surface area (Å²) in [6, 6.07) is -0.211. The van der Waals surface area contributed by atoms with Crippen LogP contribution in [0, 0.1) is 5.92 Å². The standard InChI is InChI=1S/C13H21NO6/c1-6-10(5-17-8(3)15)20-13-11(14-7(2)18-13)12(6)19-9(4)16/h6-7,10-14H,5H2,1-4H3. The molecule has 0 spiro atoms. The van der Waals surface area contributed by atoms with E-state index in [0.29, 0.717) is 0 Å². The molecule has 2 saturated heterocycles. The van der Waals surface area contributed by atoms with E-state index in [1.807, 2.05) is 13.8 Å². The highest BCUT2D eigenvalue weighted by molar-refractivity contribution is 5.66. The molecule has 6 unspecified atom stereocenters. The average Bonchev–Trinajstić information content (AvgIpc) is 2.70. The molecule has 2 fully saturated rings. The van der Waals surface area contributed by atoms with Crippen molar-refractivity contribution in [1.29, 1.82) is 0 Å². The van der Waals surface area contributed by atoms with Crippen LogP contribution in [-0.4, -0.2) is 49.3 Å². The summed E-state index contributed by atoms with van der Waals surface area (Å²) < 4.78 is 21.8. The minimum absolute atomic E-state index is 0.110. The fourth-order valence-corrected chi connectivity index (χ4v) is 2.64. The summed E-state index contributed by atoms with van der Waals surface area (Å²) in [7, 11) is 0. The number of carbonyl (C=O) groups is 2. The first kappa shape index (κ1) is 15.2. The molecule has 0 radical (unpaired) electrons. The quantitative estimate of drug-likeness (QED) is 0.741. The van der Waals surface area contributed by atoms with Crippen molar-refractivity contribution in [3.05, 3.63) is 0 Å². The van der Waals surface area contributed by atoms with Crippen molar-refractivity contribution in [2.24, 2.45) is 5.92 Å². The van der Waals surface area contributed by atoms with Crippen LogP contribution in [0.5, 0.6) is 0 Å². The molecule has 114 valence electrons. The number of rotatable bonds is 3. The van der Waals surface area contributed by atoms with Gasteiger partial charge in [-0.3, -0.25) is 14.9 Å². The van der Waals surface area contributed by atoms with E-state index < -0.39 is 6.29 Å². The topological polar surface area (TPSA) is 83.1 Å². The lowest BCUT2D eigenvalue weighted by atomic mass is 9.89. The second kappa shape index (κ2) is 6.07. The highest BCUT2D eigenvalue weighted by Gasteiger charge is 2.50. The SMILES string of the molecule is CC(=O)OCC1OC2OC(C)NC2C(OC(C)=O)C1C. The van der Waals surface area contributed by atoms with Crippen molar-refractivity contribution >= 4 is 11.9 Å². The van der Waals surface area contributed by atoms with E-state index in [9.17, 15) is 9.59 Å². The van der Waals surface area contributed by atoms with E-state index in [-0.39, 0.29) is 48.9 Å². The summed E-state index contributed by atoms with van der Waals surface area (Å²) in [5.41, 5.74) is 0. The van der Waals surface area contributed by atoms with Gasteiger partial charge in [0.05, 0.1) is 6.04 Å². The van der Waals surface area contributed by atoms with Crippen LogP contribution < -0.4 is 5.32 Å². The van der Waals surface area contributed by atoms with Gasteiger partial charge in [0, 0.05) is 19.8 Å². The van der Waals surface area contributed by atoms with Crippen LogP contribution in [0.25, 0.3) is 0 Å². The molecule has 2 heterocycles. The van der Waals surface area contributed by atoms with Gasteiger partial charge in [-0.15, -0.1) is 0 Å². The summed E-state index contributed by atoms with van der Waals surface area (Å²) >= 11 is 0. The van der Waals surface area contributed by atoms with E-state index in [1.165, 1.54) is 13.8 Å². The summed E-state index contributed by atoms with van der Waals surface area (Å²) in [6.45, 7) is 6.60. The molecule has 0 aromatic rings. The van der Waals surface area contributed by atoms with Crippen LogP contribution >= 0.6 is 0 Å². The largest absolute Gasteiger partial charge is 0.463 e. The van der Waals surface area contributed by atoms with E-state index in [1.54, 1.807) is 0 Å². The number of hydrogen-bond acceptors (Lipinski definition) is 7. The number of ether oxygens (including phenoxy) is 4. The van der Waals surface area contributed by atoms with E-state index in [2.05, 4.69) is 5.32 Å². The Morgan fingerprint density at radius 2 is 1.85 bits per heavy atom. The van der Waals surface area contributed by atoms with Gasteiger partial charge < -0.3 is 18.9 Å². The van der Waals surface area contributed by atoms with Gasteiger partial charge in [0.1, 0.15) is 25.0 Å². The first-order valence-electron chi connectivity index (χ1n) is 6.76. The predicted molar refractivity (Wildman–Crippen MR) is 67.5 cm³/mol. The summed E-state index contributed by atoms with van der Waals surface area (Å²) in [5, 5.41) is 3.19. The number of hydrogen-bond donors (Lipinski definition) is 1. The van der Waals surface area contributed by atoms with Crippen LogP contribution in [0.4, 0.5) is 0 Å². The van der Waals surface area contributed by atoms with Gasteiger partial charge >= 0.3 is 11.9 Å². The zero-order valence-electron chi connectivity index (χ0n) is 12.1. The second-order valence-electron chi connectivity index (χ2n) is 5.25. The van der Waals surface area contributed by atoms with E-state index in [4.69, 9.17) is 18.9 Å². The van der Waals surface area contributed by atoms with Crippen LogP contribution in [0.1, 0.15) is 27.7 Å². The Hall–Kier alpha value is -1.18. The molecule has 0 aromatic carbocycles. The normalized spacial score (nSPS) is 40.0. The van der Waals surface area contributed by atoms with Crippen LogP contribution in [0.15, 0.2) is 0 Å². The van der Waals surface area contributed by atoms with Gasteiger partial charge in [-0.05, 0) is 6.92 Å². The number of nitrogens with one attached hydrogen (secondary N) is 1. The summed E-state index contributed by atoms with van der Waals surface area (Å²) in [5.74, 6) is -0.832. The highest BCUT2D eigenvalue weighted by atomic mass is 16.7. The molecule has 7 heteroatoms. The molecule has 2 rings (SSSR count). The minimum Gasteiger partial charge on any atom is -0.463 e. The highest BCUT2D eigenvalue weighted by Crippen LogP contribution is 2.32. The molecular formula is C13H21NO6. The predicted octanol–water partition coefficient (Wildman–Crippen LogP) is 0.177. The first-order valence-corrected chi connectivity index (χ1v) is 6.76. The molecule has 0 saturated carbocycles. The van der Waals surface area contributed by atoms with Crippen LogP contribution in [0.2, 0.25) is 0 Å². The van der Waals surface area contributed by atoms with Gasteiger partial charge in [-0.1, -0.05) is 6.92 Å². The third kappa shape index (κ3) is 3.28. The van der Waals surface area contributed by atoms with Crippen molar-refractivity contribution in [3.63, 3.8) is 0 Å². The molecule has 0 aliphatic carbocycles. The Kier molecular flexibility index (Phi) is 4.62. The molecule has 2 aliphatic rings. The molecule has 0 amide bonds. The van der Waals surface area contributed by atoms with Gasteiger partial charge in [-0.25, -0.2) is 0 Å². The lowest BCUT2D eigenvalue weighted by Gasteiger charge is -2.41. The van der Waals surface area contributed by atoms with Crippen molar-refractivity contribution in [1.82, 2.24) is 5.32 Å². The molecule has 20 heavy (non-hydrogen) atoms.